The summed E-state index contributed by atoms with van der Waals surface area (Å²) in [6.45, 7) is 2.64. The lowest BCUT2D eigenvalue weighted by Gasteiger charge is -2.30. The van der Waals surface area contributed by atoms with E-state index in [0.29, 0.717) is 43.4 Å². The Morgan fingerprint density at radius 2 is 1.79 bits per heavy atom. The molecule has 2 aromatic carbocycles. The van der Waals surface area contributed by atoms with Gasteiger partial charge in [-0.05, 0) is 43.2 Å². The SMILES string of the molecule is O=C(c1ccc2c(c1)OCCCO2)N1CCC(c2nc3ccccc3o2)CC1. The summed E-state index contributed by atoms with van der Waals surface area (Å²) < 4.78 is 17.3. The third-order valence-corrected chi connectivity index (χ3v) is 5.44. The fourth-order valence-corrected chi connectivity index (χ4v) is 3.87. The Kier molecular flexibility index (Phi) is 4.39. The lowest BCUT2D eigenvalue weighted by Crippen LogP contribution is -2.38. The summed E-state index contributed by atoms with van der Waals surface area (Å²) >= 11 is 0. The molecule has 0 radical (unpaired) electrons. The topological polar surface area (TPSA) is 64.8 Å². The zero-order chi connectivity index (χ0) is 18.9. The van der Waals surface area contributed by atoms with Crippen molar-refractivity contribution in [3.8, 4) is 11.5 Å². The van der Waals surface area contributed by atoms with Crippen molar-refractivity contribution in [1.82, 2.24) is 9.88 Å². The van der Waals surface area contributed by atoms with E-state index in [-0.39, 0.29) is 11.8 Å². The number of carbonyl (C=O) groups excluding carboxylic acids is 1. The molecule has 28 heavy (non-hydrogen) atoms. The Morgan fingerprint density at radius 3 is 2.61 bits per heavy atom. The highest BCUT2D eigenvalue weighted by Gasteiger charge is 2.28. The lowest BCUT2D eigenvalue weighted by molar-refractivity contribution is 0.0706. The van der Waals surface area contributed by atoms with Crippen molar-refractivity contribution in [3.63, 3.8) is 0 Å². The molecule has 3 aromatic rings. The van der Waals surface area contributed by atoms with Gasteiger partial charge in [0.25, 0.3) is 5.91 Å². The largest absolute Gasteiger partial charge is 0.490 e. The van der Waals surface area contributed by atoms with Crippen molar-refractivity contribution >= 4 is 17.0 Å². The molecule has 144 valence electrons. The van der Waals surface area contributed by atoms with Crippen molar-refractivity contribution in [2.75, 3.05) is 26.3 Å². The first-order valence-corrected chi connectivity index (χ1v) is 9.82. The Hall–Kier alpha value is -3.02. The summed E-state index contributed by atoms with van der Waals surface area (Å²) in [5, 5.41) is 0. The van der Waals surface area contributed by atoms with E-state index in [1.165, 1.54) is 0 Å². The normalized spacial score (nSPS) is 17.5. The average Bonchev–Trinajstić information content (AvgIpc) is 3.04. The predicted octanol–water partition coefficient (Wildman–Crippen LogP) is 4.01. The van der Waals surface area contributed by atoms with Crippen molar-refractivity contribution in [1.29, 1.82) is 0 Å². The highest BCUT2D eigenvalue weighted by Crippen LogP contribution is 2.33. The van der Waals surface area contributed by atoms with Crippen LogP contribution in [0.4, 0.5) is 0 Å². The summed E-state index contributed by atoms with van der Waals surface area (Å²) in [6.07, 6.45) is 2.55. The van der Waals surface area contributed by atoms with Crippen LogP contribution in [0.25, 0.3) is 11.1 Å². The number of amides is 1. The van der Waals surface area contributed by atoms with Gasteiger partial charge in [-0.1, -0.05) is 12.1 Å². The van der Waals surface area contributed by atoms with E-state index in [2.05, 4.69) is 4.98 Å². The molecule has 0 N–H and O–H groups in total. The molecule has 0 spiro atoms. The number of hydrogen-bond donors (Lipinski definition) is 0. The number of carbonyl (C=O) groups is 1. The number of hydrogen-bond acceptors (Lipinski definition) is 5. The highest BCUT2D eigenvalue weighted by molar-refractivity contribution is 5.95. The summed E-state index contributed by atoms with van der Waals surface area (Å²) in [5.74, 6) is 2.43. The molecule has 6 nitrogen and oxygen atoms in total. The van der Waals surface area contributed by atoms with Gasteiger partial charge in [-0.25, -0.2) is 4.98 Å². The highest BCUT2D eigenvalue weighted by atomic mass is 16.5. The maximum Gasteiger partial charge on any atom is 0.253 e. The molecule has 0 bridgehead atoms. The van der Waals surface area contributed by atoms with Crippen LogP contribution in [-0.4, -0.2) is 42.1 Å². The number of likely N-dealkylation sites (tertiary alicyclic amines) is 1. The van der Waals surface area contributed by atoms with Crippen LogP contribution in [0.3, 0.4) is 0 Å². The molecule has 1 aromatic heterocycles. The summed E-state index contributed by atoms with van der Waals surface area (Å²) in [5.41, 5.74) is 2.36. The summed E-state index contributed by atoms with van der Waals surface area (Å²) in [7, 11) is 0. The summed E-state index contributed by atoms with van der Waals surface area (Å²) in [6, 6.07) is 13.3. The molecule has 0 unspecified atom stereocenters. The van der Waals surface area contributed by atoms with Crippen LogP contribution in [0, 0.1) is 0 Å². The van der Waals surface area contributed by atoms with E-state index in [0.717, 1.165) is 36.3 Å². The fraction of sp³-hybridized carbons (Fsp3) is 0.364. The molecular weight excluding hydrogens is 356 g/mol. The van der Waals surface area contributed by atoms with Crippen LogP contribution in [-0.2, 0) is 0 Å². The van der Waals surface area contributed by atoms with Crippen LogP contribution in [0.1, 0.15) is 41.4 Å². The number of piperidine rings is 1. The molecule has 3 heterocycles. The van der Waals surface area contributed by atoms with E-state index in [1.807, 2.05) is 41.3 Å². The van der Waals surface area contributed by atoms with Gasteiger partial charge in [0.1, 0.15) is 5.52 Å². The minimum atomic E-state index is 0.0339. The average molecular weight is 378 g/mol. The van der Waals surface area contributed by atoms with Gasteiger partial charge in [-0.15, -0.1) is 0 Å². The maximum absolute atomic E-state index is 12.9. The Bertz CT molecular complexity index is 972. The van der Waals surface area contributed by atoms with Gasteiger partial charge in [-0.2, -0.15) is 0 Å². The Morgan fingerprint density at radius 1 is 1.00 bits per heavy atom. The second-order valence-corrected chi connectivity index (χ2v) is 7.30. The molecule has 0 aliphatic carbocycles. The van der Waals surface area contributed by atoms with Crippen LogP contribution < -0.4 is 9.47 Å². The van der Waals surface area contributed by atoms with Gasteiger partial charge >= 0.3 is 0 Å². The van der Waals surface area contributed by atoms with Gasteiger partial charge in [0.2, 0.25) is 0 Å². The Balaban J connectivity index is 1.27. The minimum Gasteiger partial charge on any atom is -0.490 e. The van der Waals surface area contributed by atoms with Gasteiger partial charge in [0.05, 0.1) is 13.2 Å². The van der Waals surface area contributed by atoms with Gasteiger partial charge in [0, 0.05) is 31.0 Å². The van der Waals surface area contributed by atoms with Gasteiger partial charge in [-0.3, -0.25) is 4.79 Å². The van der Waals surface area contributed by atoms with Crippen molar-refractivity contribution in [3.05, 3.63) is 53.9 Å². The number of ether oxygens (including phenoxy) is 2. The molecule has 5 rings (SSSR count). The quantitative estimate of drug-likeness (QED) is 0.674. The van der Waals surface area contributed by atoms with Gasteiger partial charge < -0.3 is 18.8 Å². The number of benzene rings is 2. The molecule has 1 saturated heterocycles. The first kappa shape index (κ1) is 17.1. The van der Waals surface area contributed by atoms with Crippen LogP contribution in [0.15, 0.2) is 46.9 Å². The predicted molar refractivity (Wildman–Crippen MR) is 104 cm³/mol. The molecule has 1 fully saturated rings. The molecule has 0 atom stereocenters. The standard InChI is InChI=1S/C22H22N2O4/c25-22(16-6-7-19-20(14-16)27-13-3-12-26-19)24-10-8-15(9-11-24)21-23-17-4-1-2-5-18(17)28-21/h1-2,4-7,14-15H,3,8-13H2. The number of fused-ring (bicyclic) bond motifs is 2. The van der Waals surface area contributed by atoms with E-state index in [4.69, 9.17) is 13.9 Å². The van der Waals surface area contributed by atoms with Crippen molar-refractivity contribution in [2.45, 2.75) is 25.2 Å². The smallest absolute Gasteiger partial charge is 0.253 e. The zero-order valence-corrected chi connectivity index (χ0v) is 15.6. The zero-order valence-electron chi connectivity index (χ0n) is 15.6. The maximum atomic E-state index is 12.9. The minimum absolute atomic E-state index is 0.0339. The molecule has 0 saturated carbocycles. The number of para-hydroxylation sites is 2. The third-order valence-electron chi connectivity index (χ3n) is 5.44. The third kappa shape index (κ3) is 3.19. The molecule has 1 amide bonds. The first-order chi connectivity index (χ1) is 13.8. The van der Waals surface area contributed by atoms with Gasteiger partial charge in [0.15, 0.2) is 23.0 Å². The van der Waals surface area contributed by atoms with E-state index >= 15 is 0 Å². The monoisotopic (exact) mass is 378 g/mol. The number of oxazole rings is 1. The second kappa shape index (κ2) is 7.19. The molecule has 2 aliphatic heterocycles. The van der Waals surface area contributed by atoms with Crippen LogP contribution >= 0.6 is 0 Å². The van der Waals surface area contributed by atoms with Crippen molar-refractivity contribution in [2.24, 2.45) is 0 Å². The van der Waals surface area contributed by atoms with Crippen molar-refractivity contribution < 1.29 is 18.7 Å². The molecular formula is C22H22N2O4. The second-order valence-electron chi connectivity index (χ2n) is 7.30. The fourth-order valence-electron chi connectivity index (χ4n) is 3.87. The molecule has 6 heteroatoms. The lowest BCUT2D eigenvalue weighted by atomic mass is 9.96. The molecule has 2 aliphatic rings. The Labute approximate surface area is 163 Å². The summed E-state index contributed by atoms with van der Waals surface area (Å²) in [4.78, 5) is 19.5. The number of nitrogens with zero attached hydrogens (tertiary/aromatic N) is 2. The van der Waals surface area contributed by atoms with Crippen LogP contribution in [0.5, 0.6) is 11.5 Å². The number of rotatable bonds is 2. The van der Waals surface area contributed by atoms with E-state index in [9.17, 15) is 4.79 Å². The van der Waals surface area contributed by atoms with E-state index < -0.39 is 0 Å². The first-order valence-electron chi connectivity index (χ1n) is 9.82. The van der Waals surface area contributed by atoms with E-state index in [1.54, 1.807) is 6.07 Å². The van der Waals surface area contributed by atoms with Crippen LogP contribution in [0.2, 0.25) is 0 Å². The number of aromatic nitrogens is 1.